The van der Waals surface area contributed by atoms with E-state index in [0.717, 1.165) is 31.2 Å². The van der Waals surface area contributed by atoms with Crippen molar-refractivity contribution in [2.45, 2.75) is 71.0 Å². The highest BCUT2D eigenvalue weighted by atomic mass is 16.3. The summed E-state index contributed by atoms with van der Waals surface area (Å²) in [5, 5.41) is 32.7. The van der Waals surface area contributed by atoms with Crippen LogP contribution in [0, 0.1) is 22.7 Å². The molecule has 0 amide bonds. The van der Waals surface area contributed by atoms with E-state index in [1.54, 1.807) is 12.5 Å². The van der Waals surface area contributed by atoms with E-state index in [2.05, 4.69) is 20.8 Å². The summed E-state index contributed by atoms with van der Waals surface area (Å²) < 4.78 is 5.16. The maximum atomic E-state index is 11.8. The lowest BCUT2D eigenvalue weighted by Crippen LogP contribution is -2.67. The standard InChI is InChI=1S/C20H32O4/c1-14-11-16(22)17-18(2,13-21)7-4-8-19(17,3)20(14,23)9-5-15-6-10-24-12-15/h6,10,12,14,16-17,21-23H,4-5,7-9,11,13H2,1-3H3/t14-,16-,17-,18-,19+,20-/m1/s1. The molecular weight excluding hydrogens is 304 g/mol. The minimum absolute atomic E-state index is 0.0293. The van der Waals surface area contributed by atoms with Gasteiger partial charge in [0, 0.05) is 17.9 Å². The van der Waals surface area contributed by atoms with Gasteiger partial charge in [0.15, 0.2) is 0 Å². The number of aliphatic hydroxyl groups excluding tert-OH is 2. The molecule has 0 bridgehead atoms. The van der Waals surface area contributed by atoms with Crippen LogP contribution in [0.2, 0.25) is 0 Å². The molecule has 0 saturated heterocycles. The van der Waals surface area contributed by atoms with Crippen LogP contribution < -0.4 is 0 Å². The number of fused-ring (bicyclic) bond motifs is 1. The summed E-state index contributed by atoms with van der Waals surface area (Å²) >= 11 is 0. The van der Waals surface area contributed by atoms with Gasteiger partial charge in [-0.15, -0.1) is 0 Å². The van der Waals surface area contributed by atoms with Crippen LogP contribution in [-0.4, -0.2) is 33.6 Å². The summed E-state index contributed by atoms with van der Waals surface area (Å²) in [6.45, 7) is 6.34. The molecule has 24 heavy (non-hydrogen) atoms. The lowest BCUT2D eigenvalue weighted by Gasteiger charge is -2.64. The SMILES string of the molecule is C[C@@H]1C[C@@H](O)[C@@H]2[C@@](C)(CO)CCC[C@]2(C)[C@@]1(O)CCc1ccoc1. The molecule has 0 aliphatic heterocycles. The molecule has 136 valence electrons. The first kappa shape index (κ1) is 18.0. The molecule has 0 spiro atoms. The highest BCUT2D eigenvalue weighted by Crippen LogP contribution is 2.63. The van der Waals surface area contributed by atoms with Gasteiger partial charge in [0.1, 0.15) is 0 Å². The molecule has 2 saturated carbocycles. The van der Waals surface area contributed by atoms with E-state index in [1.807, 2.05) is 6.07 Å². The molecule has 2 aliphatic rings. The van der Waals surface area contributed by atoms with Gasteiger partial charge in [-0.1, -0.05) is 27.2 Å². The molecule has 0 radical (unpaired) electrons. The van der Waals surface area contributed by atoms with Crippen LogP contribution in [0.4, 0.5) is 0 Å². The minimum atomic E-state index is -0.842. The molecule has 1 aromatic rings. The Balaban J connectivity index is 1.94. The lowest BCUT2D eigenvalue weighted by atomic mass is 9.43. The van der Waals surface area contributed by atoms with Gasteiger partial charge in [-0.05, 0) is 55.1 Å². The third-order valence-electron chi connectivity index (χ3n) is 7.40. The Morgan fingerprint density at radius 1 is 1.29 bits per heavy atom. The van der Waals surface area contributed by atoms with Crippen molar-refractivity contribution >= 4 is 0 Å². The second kappa shape index (κ2) is 6.15. The largest absolute Gasteiger partial charge is 0.472 e. The van der Waals surface area contributed by atoms with Crippen LogP contribution in [0.15, 0.2) is 23.0 Å². The van der Waals surface area contributed by atoms with Gasteiger partial charge in [-0.3, -0.25) is 0 Å². The van der Waals surface area contributed by atoms with E-state index in [0.29, 0.717) is 12.8 Å². The highest BCUT2D eigenvalue weighted by molar-refractivity contribution is 5.16. The smallest absolute Gasteiger partial charge is 0.0934 e. The van der Waals surface area contributed by atoms with Crippen LogP contribution >= 0.6 is 0 Å². The van der Waals surface area contributed by atoms with Crippen LogP contribution in [0.25, 0.3) is 0 Å². The normalized spacial score (nSPS) is 45.8. The first-order valence-corrected chi connectivity index (χ1v) is 9.29. The predicted molar refractivity (Wildman–Crippen MR) is 92.4 cm³/mol. The Kier molecular flexibility index (Phi) is 4.61. The van der Waals surface area contributed by atoms with Gasteiger partial charge in [-0.25, -0.2) is 0 Å². The average Bonchev–Trinajstić information content (AvgIpc) is 3.04. The zero-order valence-electron chi connectivity index (χ0n) is 15.2. The molecule has 1 aromatic heterocycles. The van der Waals surface area contributed by atoms with Crippen molar-refractivity contribution < 1.29 is 19.7 Å². The van der Waals surface area contributed by atoms with Crippen molar-refractivity contribution in [3.63, 3.8) is 0 Å². The summed E-state index contributed by atoms with van der Waals surface area (Å²) in [4.78, 5) is 0. The topological polar surface area (TPSA) is 73.8 Å². The summed E-state index contributed by atoms with van der Waals surface area (Å²) in [5.41, 5.74) is -0.451. The fraction of sp³-hybridized carbons (Fsp3) is 0.800. The van der Waals surface area contributed by atoms with Crippen molar-refractivity contribution in [2.24, 2.45) is 22.7 Å². The van der Waals surface area contributed by atoms with Crippen molar-refractivity contribution in [3.8, 4) is 0 Å². The van der Waals surface area contributed by atoms with E-state index in [4.69, 9.17) is 4.42 Å². The molecule has 0 unspecified atom stereocenters. The Labute approximate surface area is 144 Å². The van der Waals surface area contributed by atoms with Crippen molar-refractivity contribution in [3.05, 3.63) is 24.2 Å². The van der Waals surface area contributed by atoms with Crippen molar-refractivity contribution in [1.29, 1.82) is 0 Å². The second-order valence-electron chi connectivity index (χ2n) is 8.82. The second-order valence-corrected chi connectivity index (χ2v) is 8.82. The number of hydrogen-bond acceptors (Lipinski definition) is 4. The number of rotatable bonds is 4. The van der Waals surface area contributed by atoms with Crippen LogP contribution in [0.3, 0.4) is 0 Å². The maximum absolute atomic E-state index is 11.8. The fourth-order valence-corrected chi connectivity index (χ4v) is 6.05. The van der Waals surface area contributed by atoms with E-state index in [1.165, 1.54) is 0 Å². The Hall–Kier alpha value is -0.840. The summed E-state index contributed by atoms with van der Waals surface area (Å²) in [6, 6.07) is 1.95. The zero-order valence-corrected chi connectivity index (χ0v) is 15.2. The van der Waals surface area contributed by atoms with Crippen molar-refractivity contribution in [1.82, 2.24) is 0 Å². The van der Waals surface area contributed by atoms with Crippen LogP contribution in [0.1, 0.15) is 58.4 Å². The number of aliphatic hydroxyl groups is 3. The van der Waals surface area contributed by atoms with Gasteiger partial charge < -0.3 is 19.7 Å². The summed E-state index contributed by atoms with van der Waals surface area (Å²) in [5.74, 6) is -0.0454. The first-order chi connectivity index (χ1) is 11.3. The van der Waals surface area contributed by atoms with Gasteiger partial charge >= 0.3 is 0 Å². The molecule has 6 atom stereocenters. The Morgan fingerprint density at radius 2 is 2.04 bits per heavy atom. The molecule has 2 fully saturated rings. The molecule has 3 rings (SSSR count). The van der Waals surface area contributed by atoms with E-state index in [-0.39, 0.29) is 29.3 Å². The minimum Gasteiger partial charge on any atom is -0.472 e. The predicted octanol–water partition coefficient (Wildman–Crippen LogP) is 3.15. The number of hydrogen-bond donors (Lipinski definition) is 3. The Bertz CT molecular complexity index is 556. The van der Waals surface area contributed by atoms with Gasteiger partial charge in [-0.2, -0.15) is 0 Å². The molecule has 3 N–H and O–H groups in total. The first-order valence-electron chi connectivity index (χ1n) is 9.29. The van der Waals surface area contributed by atoms with E-state index in [9.17, 15) is 15.3 Å². The monoisotopic (exact) mass is 336 g/mol. The molecule has 0 aromatic carbocycles. The summed E-state index contributed by atoms with van der Waals surface area (Å²) in [6.07, 6.45) is 7.77. The maximum Gasteiger partial charge on any atom is 0.0934 e. The molecule has 4 nitrogen and oxygen atoms in total. The summed E-state index contributed by atoms with van der Waals surface area (Å²) in [7, 11) is 0. The van der Waals surface area contributed by atoms with Gasteiger partial charge in [0.2, 0.25) is 0 Å². The number of furan rings is 1. The molecule has 2 aliphatic carbocycles. The van der Waals surface area contributed by atoms with Crippen LogP contribution in [-0.2, 0) is 6.42 Å². The van der Waals surface area contributed by atoms with Gasteiger partial charge in [0.25, 0.3) is 0 Å². The van der Waals surface area contributed by atoms with E-state index < -0.39 is 11.7 Å². The van der Waals surface area contributed by atoms with Crippen LogP contribution in [0.5, 0.6) is 0 Å². The Morgan fingerprint density at radius 3 is 2.67 bits per heavy atom. The third kappa shape index (κ3) is 2.54. The molecule has 4 heteroatoms. The average molecular weight is 336 g/mol. The lowest BCUT2D eigenvalue weighted by molar-refractivity contribution is -0.251. The quantitative estimate of drug-likeness (QED) is 0.790. The van der Waals surface area contributed by atoms with E-state index >= 15 is 0 Å². The third-order valence-corrected chi connectivity index (χ3v) is 7.40. The molecule has 1 heterocycles. The fourth-order valence-electron chi connectivity index (χ4n) is 6.05. The van der Waals surface area contributed by atoms with Crippen molar-refractivity contribution in [2.75, 3.05) is 6.61 Å². The van der Waals surface area contributed by atoms with Gasteiger partial charge in [0.05, 0.1) is 24.2 Å². The molecular formula is C20H32O4. The number of aryl methyl sites for hydroxylation is 1. The highest BCUT2D eigenvalue weighted by Gasteiger charge is 2.64. The zero-order chi connectivity index (χ0) is 17.6.